The summed E-state index contributed by atoms with van der Waals surface area (Å²) < 4.78 is 0. The third-order valence-electron chi connectivity index (χ3n) is 5.48. The van der Waals surface area contributed by atoms with Crippen molar-refractivity contribution in [2.75, 3.05) is 6.54 Å². The van der Waals surface area contributed by atoms with Gasteiger partial charge in [-0.15, -0.1) is 0 Å². The maximum Gasteiger partial charge on any atom is 0.0363 e. The molecule has 0 fully saturated rings. The highest BCUT2D eigenvalue weighted by Crippen LogP contribution is 2.27. The van der Waals surface area contributed by atoms with Crippen molar-refractivity contribution in [1.29, 1.82) is 0 Å². The average molecular weight is 436 g/mol. The predicted molar refractivity (Wildman–Crippen MR) is 144 cm³/mol. The van der Waals surface area contributed by atoms with Gasteiger partial charge >= 0.3 is 0 Å². The zero-order valence-corrected chi connectivity index (χ0v) is 20.5. The van der Waals surface area contributed by atoms with E-state index in [-0.39, 0.29) is 12.9 Å². The molecular weight excluding hydrogens is 390 g/mol. The van der Waals surface area contributed by atoms with Crippen LogP contribution >= 0.6 is 0 Å². The lowest BCUT2D eigenvalue weighted by molar-refractivity contribution is 0.824. The Labute approximate surface area is 197 Å². The standard InChI is InChI=1S/C25H27N.2C2H6.CH4.H2O/c1-17-4-6-19(3)23(10-17)13-20-7-8-21(12-20)16-26-25-14-22-9-5-18(2)11-24(22)15-25;2*1-2;;/h4-11,14,26H,12-13,15-16H2,1-3H3;2*1-2H3;1H4;1H2. The van der Waals surface area contributed by atoms with Crippen LogP contribution < -0.4 is 5.32 Å². The number of benzene rings is 2. The molecule has 3 N–H and O–H groups in total. The van der Waals surface area contributed by atoms with Gasteiger partial charge in [0.05, 0.1) is 0 Å². The highest BCUT2D eigenvalue weighted by atomic mass is 16.0. The van der Waals surface area contributed by atoms with E-state index in [1.165, 1.54) is 50.2 Å². The van der Waals surface area contributed by atoms with Crippen molar-refractivity contribution in [3.05, 3.63) is 98.8 Å². The first-order valence-corrected chi connectivity index (χ1v) is 11.5. The van der Waals surface area contributed by atoms with Crippen LogP contribution in [0.4, 0.5) is 0 Å². The third-order valence-corrected chi connectivity index (χ3v) is 5.48. The van der Waals surface area contributed by atoms with Crippen molar-refractivity contribution in [2.45, 2.75) is 75.2 Å². The second-order valence-electron chi connectivity index (χ2n) is 7.84. The lowest BCUT2D eigenvalue weighted by Gasteiger charge is -2.11. The summed E-state index contributed by atoms with van der Waals surface area (Å²) in [5.41, 5.74) is 12.7. The molecule has 4 rings (SSSR count). The minimum Gasteiger partial charge on any atom is -0.412 e. The lowest BCUT2D eigenvalue weighted by Crippen LogP contribution is -2.16. The summed E-state index contributed by atoms with van der Waals surface area (Å²) in [6.07, 6.45) is 10.1. The molecule has 0 amide bonds. The zero-order valence-electron chi connectivity index (χ0n) is 20.5. The number of hydrogen-bond donors (Lipinski definition) is 1. The predicted octanol–water partition coefficient (Wildman–Crippen LogP) is 7.46. The molecule has 0 bridgehead atoms. The molecule has 0 aromatic heterocycles. The molecule has 32 heavy (non-hydrogen) atoms. The summed E-state index contributed by atoms with van der Waals surface area (Å²) in [6, 6.07) is 13.5. The van der Waals surface area contributed by atoms with Gasteiger partial charge in [0.2, 0.25) is 0 Å². The van der Waals surface area contributed by atoms with Crippen molar-refractivity contribution >= 4 is 6.08 Å². The second kappa shape index (κ2) is 14.5. The minimum absolute atomic E-state index is 0. The highest BCUT2D eigenvalue weighted by molar-refractivity contribution is 5.63. The van der Waals surface area contributed by atoms with Gasteiger partial charge in [0.1, 0.15) is 0 Å². The van der Waals surface area contributed by atoms with Crippen molar-refractivity contribution < 1.29 is 5.48 Å². The molecule has 2 aromatic carbocycles. The Kier molecular flexibility index (Phi) is 13.3. The first-order chi connectivity index (χ1) is 14.6. The van der Waals surface area contributed by atoms with Gasteiger partial charge in [-0.25, -0.2) is 0 Å². The summed E-state index contributed by atoms with van der Waals surface area (Å²) in [4.78, 5) is 0. The molecular formula is C30H45NO. The van der Waals surface area contributed by atoms with Crippen LogP contribution in [0.1, 0.15) is 74.9 Å². The lowest BCUT2D eigenvalue weighted by atomic mass is 9.97. The van der Waals surface area contributed by atoms with E-state index in [4.69, 9.17) is 0 Å². The van der Waals surface area contributed by atoms with E-state index in [1.807, 2.05) is 27.7 Å². The molecule has 176 valence electrons. The molecule has 0 heterocycles. The quantitative estimate of drug-likeness (QED) is 0.520. The topological polar surface area (TPSA) is 43.5 Å². The highest BCUT2D eigenvalue weighted by Gasteiger charge is 2.14. The van der Waals surface area contributed by atoms with Gasteiger partial charge in [0.25, 0.3) is 0 Å². The van der Waals surface area contributed by atoms with Crippen LogP contribution in [0.3, 0.4) is 0 Å². The van der Waals surface area contributed by atoms with Crippen LogP contribution in [-0.2, 0) is 12.8 Å². The maximum atomic E-state index is 3.65. The molecule has 0 aliphatic heterocycles. The summed E-state index contributed by atoms with van der Waals surface area (Å²) in [5, 5.41) is 3.65. The molecule has 0 unspecified atom stereocenters. The number of aryl methyl sites for hydroxylation is 3. The SMILES string of the molecule is C.CC.CC.Cc1ccc(C)c(CC2=CC=C(CNC3=Cc4ccc(C)cc4C3)C2)c1.O. The Morgan fingerprint density at radius 2 is 1.41 bits per heavy atom. The number of hydrogen-bond acceptors (Lipinski definition) is 1. The van der Waals surface area contributed by atoms with Crippen LogP contribution in [0.2, 0.25) is 0 Å². The fourth-order valence-corrected chi connectivity index (χ4v) is 3.94. The molecule has 0 atom stereocenters. The first-order valence-electron chi connectivity index (χ1n) is 11.5. The van der Waals surface area contributed by atoms with Crippen LogP contribution in [0.15, 0.2) is 65.4 Å². The van der Waals surface area contributed by atoms with E-state index < -0.39 is 0 Å². The molecule has 2 aliphatic carbocycles. The van der Waals surface area contributed by atoms with E-state index in [2.05, 4.69) is 80.7 Å². The Morgan fingerprint density at radius 3 is 2.12 bits per heavy atom. The summed E-state index contributed by atoms with van der Waals surface area (Å²) >= 11 is 0. The zero-order chi connectivity index (χ0) is 22.1. The van der Waals surface area contributed by atoms with Gasteiger partial charge in [-0.05, 0) is 67.5 Å². The van der Waals surface area contributed by atoms with Crippen LogP contribution in [-0.4, -0.2) is 12.0 Å². The van der Waals surface area contributed by atoms with E-state index >= 15 is 0 Å². The van der Waals surface area contributed by atoms with Gasteiger partial charge in [-0.2, -0.15) is 0 Å². The monoisotopic (exact) mass is 435 g/mol. The van der Waals surface area contributed by atoms with Crippen LogP contribution in [0.5, 0.6) is 0 Å². The van der Waals surface area contributed by atoms with Gasteiger partial charge in [0.15, 0.2) is 0 Å². The molecule has 0 radical (unpaired) electrons. The molecule has 0 saturated carbocycles. The molecule has 0 spiro atoms. The van der Waals surface area contributed by atoms with Crippen molar-refractivity contribution in [2.24, 2.45) is 0 Å². The summed E-state index contributed by atoms with van der Waals surface area (Å²) in [7, 11) is 0. The normalized spacial score (nSPS) is 12.9. The first kappa shape index (κ1) is 29.4. The van der Waals surface area contributed by atoms with E-state index in [0.717, 1.165) is 25.8 Å². The number of nitrogens with one attached hydrogen (secondary N) is 1. The second-order valence-corrected chi connectivity index (χ2v) is 7.84. The summed E-state index contributed by atoms with van der Waals surface area (Å²) in [5.74, 6) is 0. The summed E-state index contributed by atoms with van der Waals surface area (Å²) in [6.45, 7) is 15.5. The molecule has 2 aliphatic rings. The van der Waals surface area contributed by atoms with Gasteiger partial charge in [-0.3, -0.25) is 0 Å². The van der Waals surface area contributed by atoms with Gasteiger partial charge in [-0.1, -0.05) is 100 Å². The molecule has 2 heteroatoms. The van der Waals surface area contributed by atoms with Crippen molar-refractivity contribution in [3.63, 3.8) is 0 Å². The van der Waals surface area contributed by atoms with E-state index in [9.17, 15) is 0 Å². The Bertz CT molecular complexity index is 947. The number of allylic oxidation sites excluding steroid dienone is 4. The van der Waals surface area contributed by atoms with Crippen molar-refractivity contribution in [3.8, 4) is 0 Å². The van der Waals surface area contributed by atoms with Gasteiger partial charge in [0, 0.05) is 18.7 Å². The Hall–Kier alpha value is -2.58. The Morgan fingerprint density at radius 1 is 0.781 bits per heavy atom. The number of fused-ring (bicyclic) bond motifs is 1. The fourth-order valence-electron chi connectivity index (χ4n) is 3.94. The van der Waals surface area contributed by atoms with Crippen LogP contribution in [0.25, 0.3) is 6.08 Å². The number of rotatable bonds is 5. The fraction of sp³-hybridized carbons (Fsp3) is 0.400. The minimum atomic E-state index is 0. The van der Waals surface area contributed by atoms with Gasteiger partial charge < -0.3 is 10.8 Å². The molecule has 2 nitrogen and oxygen atoms in total. The average Bonchev–Trinajstić information content (AvgIpc) is 3.38. The maximum absolute atomic E-state index is 3.65. The molecule has 0 saturated heterocycles. The smallest absolute Gasteiger partial charge is 0.0363 e. The Balaban J connectivity index is 0.00000152. The largest absolute Gasteiger partial charge is 0.412 e. The van der Waals surface area contributed by atoms with E-state index in [1.54, 1.807) is 0 Å². The van der Waals surface area contributed by atoms with Crippen LogP contribution in [0, 0.1) is 20.8 Å². The van der Waals surface area contributed by atoms with Crippen molar-refractivity contribution in [1.82, 2.24) is 5.32 Å². The third kappa shape index (κ3) is 7.84. The molecule has 2 aromatic rings. The van der Waals surface area contributed by atoms with E-state index in [0.29, 0.717) is 0 Å².